The maximum Gasteiger partial charge on any atom is 0.123 e. The van der Waals surface area contributed by atoms with E-state index in [4.69, 9.17) is 0 Å². The van der Waals surface area contributed by atoms with E-state index < -0.39 is 0 Å². The highest BCUT2D eigenvalue weighted by atomic mass is 19.1. The van der Waals surface area contributed by atoms with Crippen molar-refractivity contribution in [2.24, 2.45) is 5.92 Å². The highest BCUT2D eigenvalue weighted by Gasteiger charge is 2.13. The Bertz CT molecular complexity index is 343. The van der Waals surface area contributed by atoms with E-state index in [0.717, 1.165) is 23.7 Å². The predicted molar refractivity (Wildman–Crippen MR) is 66.2 cm³/mol. The molecule has 0 aromatic heterocycles. The van der Waals surface area contributed by atoms with E-state index in [-0.39, 0.29) is 5.82 Å². The number of halogens is 1. The summed E-state index contributed by atoms with van der Waals surface area (Å²) in [5.74, 6) is 0.652. The van der Waals surface area contributed by atoms with Gasteiger partial charge in [-0.05, 0) is 49.4 Å². The molecule has 0 saturated heterocycles. The first kappa shape index (κ1) is 11.4. The molecule has 0 atom stereocenters. The number of benzene rings is 1. The third-order valence-electron chi connectivity index (χ3n) is 3.49. The predicted octanol–water partition coefficient (Wildman–Crippen LogP) is 4.13. The normalized spacial score (nSPS) is 17.4. The number of hydrogen-bond acceptors (Lipinski definition) is 1. The lowest BCUT2D eigenvalue weighted by molar-refractivity contribution is 0.373. The zero-order valence-electron chi connectivity index (χ0n) is 9.93. The van der Waals surface area contributed by atoms with Gasteiger partial charge in [0.25, 0.3) is 0 Å². The second-order valence-corrected chi connectivity index (χ2v) is 4.84. The fraction of sp³-hybridized carbons (Fsp3) is 0.571. The standard InChI is InChI=1S/C14H20FN/c1-11-9-13(15)7-8-14(11)16-10-12-5-3-2-4-6-12/h7-9,12,16H,2-6,10H2,1H3. The number of rotatable bonds is 3. The molecule has 1 aliphatic rings. The van der Waals surface area contributed by atoms with Gasteiger partial charge in [0.15, 0.2) is 0 Å². The first-order valence-corrected chi connectivity index (χ1v) is 6.26. The van der Waals surface area contributed by atoms with Crippen molar-refractivity contribution in [2.75, 3.05) is 11.9 Å². The van der Waals surface area contributed by atoms with Crippen molar-refractivity contribution in [1.29, 1.82) is 0 Å². The molecule has 1 fully saturated rings. The lowest BCUT2D eigenvalue weighted by Crippen LogP contribution is -2.17. The van der Waals surface area contributed by atoms with Gasteiger partial charge in [0.1, 0.15) is 5.82 Å². The van der Waals surface area contributed by atoms with Crippen LogP contribution in [0.4, 0.5) is 10.1 Å². The molecule has 1 aromatic rings. The Hall–Kier alpha value is -1.05. The molecule has 1 N–H and O–H groups in total. The summed E-state index contributed by atoms with van der Waals surface area (Å²) < 4.78 is 12.9. The van der Waals surface area contributed by atoms with Crippen LogP contribution in [0.5, 0.6) is 0 Å². The molecule has 1 saturated carbocycles. The molecule has 0 bridgehead atoms. The zero-order chi connectivity index (χ0) is 11.4. The van der Waals surface area contributed by atoms with Gasteiger partial charge in [-0.25, -0.2) is 4.39 Å². The van der Waals surface area contributed by atoms with Gasteiger partial charge in [-0.2, -0.15) is 0 Å². The summed E-state index contributed by atoms with van der Waals surface area (Å²) in [7, 11) is 0. The third kappa shape index (κ3) is 2.97. The van der Waals surface area contributed by atoms with Crippen molar-refractivity contribution in [3.05, 3.63) is 29.6 Å². The van der Waals surface area contributed by atoms with Crippen LogP contribution >= 0.6 is 0 Å². The van der Waals surface area contributed by atoms with Gasteiger partial charge >= 0.3 is 0 Å². The molecule has 1 aromatic carbocycles. The van der Waals surface area contributed by atoms with Crippen LogP contribution in [-0.2, 0) is 0 Å². The van der Waals surface area contributed by atoms with E-state index in [1.54, 1.807) is 6.07 Å². The van der Waals surface area contributed by atoms with Gasteiger partial charge < -0.3 is 5.32 Å². The first-order chi connectivity index (χ1) is 7.75. The van der Waals surface area contributed by atoms with Crippen molar-refractivity contribution < 1.29 is 4.39 Å². The maximum absolute atomic E-state index is 12.9. The molecule has 2 heteroatoms. The highest BCUT2D eigenvalue weighted by molar-refractivity contribution is 5.50. The summed E-state index contributed by atoms with van der Waals surface area (Å²) in [5.41, 5.74) is 2.07. The number of hydrogen-bond donors (Lipinski definition) is 1. The minimum absolute atomic E-state index is 0.152. The van der Waals surface area contributed by atoms with E-state index in [1.165, 1.54) is 38.2 Å². The van der Waals surface area contributed by atoms with Crippen LogP contribution < -0.4 is 5.32 Å². The number of anilines is 1. The summed E-state index contributed by atoms with van der Waals surface area (Å²) in [6, 6.07) is 4.95. The average Bonchev–Trinajstić information content (AvgIpc) is 2.29. The Balaban J connectivity index is 1.88. The van der Waals surface area contributed by atoms with Crippen LogP contribution in [0.3, 0.4) is 0 Å². The molecule has 88 valence electrons. The topological polar surface area (TPSA) is 12.0 Å². The fourth-order valence-electron chi connectivity index (χ4n) is 2.47. The zero-order valence-corrected chi connectivity index (χ0v) is 9.93. The third-order valence-corrected chi connectivity index (χ3v) is 3.49. The monoisotopic (exact) mass is 221 g/mol. The molecule has 0 amide bonds. The van der Waals surface area contributed by atoms with Crippen LogP contribution in [0.25, 0.3) is 0 Å². The number of aryl methyl sites for hydroxylation is 1. The van der Waals surface area contributed by atoms with Crippen molar-refractivity contribution in [3.63, 3.8) is 0 Å². The van der Waals surface area contributed by atoms with Gasteiger partial charge in [0.05, 0.1) is 0 Å². The molecule has 16 heavy (non-hydrogen) atoms. The molecule has 0 unspecified atom stereocenters. The second-order valence-electron chi connectivity index (χ2n) is 4.84. The van der Waals surface area contributed by atoms with Crippen LogP contribution in [-0.4, -0.2) is 6.54 Å². The van der Waals surface area contributed by atoms with Gasteiger partial charge in [0.2, 0.25) is 0 Å². The Kier molecular flexibility index (Phi) is 3.81. The Labute approximate surface area is 97.1 Å². The minimum Gasteiger partial charge on any atom is -0.385 e. The van der Waals surface area contributed by atoms with E-state index in [0.29, 0.717) is 0 Å². The first-order valence-electron chi connectivity index (χ1n) is 6.26. The largest absolute Gasteiger partial charge is 0.385 e. The summed E-state index contributed by atoms with van der Waals surface area (Å²) in [6.45, 7) is 2.98. The van der Waals surface area contributed by atoms with Crippen LogP contribution in [0.2, 0.25) is 0 Å². The Morgan fingerprint density at radius 3 is 2.69 bits per heavy atom. The van der Waals surface area contributed by atoms with Crippen molar-refractivity contribution in [1.82, 2.24) is 0 Å². The molecule has 1 nitrogen and oxygen atoms in total. The average molecular weight is 221 g/mol. The summed E-state index contributed by atoms with van der Waals surface area (Å²) in [4.78, 5) is 0. The molecule has 0 heterocycles. The lowest BCUT2D eigenvalue weighted by Gasteiger charge is -2.22. The minimum atomic E-state index is -0.152. The van der Waals surface area contributed by atoms with E-state index in [9.17, 15) is 4.39 Å². The second kappa shape index (κ2) is 5.33. The molecule has 2 rings (SSSR count). The van der Waals surface area contributed by atoms with E-state index in [2.05, 4.69) is 5.32 Å². The molecular weight excluding hydrogens is 201 g/mol. The quantitative estimate of drug-likeness (QED) is 0.809. The van der Waals surface area contributed by atoms with Crippen molar-refractivity contribution in [2.45, 2.75) is 39.0 Å². The maximum atomic E-state index is 12.9. The summed E-state index contributed by atoms with van der Waals surface area (Å²) >= 11 is 0. The fourth-order valence-corrected chi connectivity index (χ4v) is 2.47. The van der Waals surface area contributed by atoms with Crippen molar-refractivity contribution >= 4 is 5.69 Å². The number of nitrogens with one attached hydrogen (secondary N) is 1. The van der Waals surface area contributed by atoms with Gasteiger partial charge in [0, 0.05) is 12.2 Å². The molecule has 0 radical (unpaired) electrons. The highest BCUT2D eigenvalue weighted by Crippen LogP contribution is 2.24. The van der Waals surface area contributed by atoms with Crippen LogP contribution in [0.15, 0.2) is 18.2 Å². The summed E-state index contributed by atoms with van der Waals surface area (Å²) in [6.07, 6.45) is 6.82. The molecular formula is C14H20FN. The van der Waals surface area contributed by atoms with Gasteiger partial charge in [-0.3, -0.25) is 0 Å². The smallest absolute Gasteiger partial charge is 0.123 e. The summed E-state index contributed by atoms with van der Waals surface area (Å²) in [5, 5.41) is 3.44. The Morgan fingerprint density at radius 1 is 1.25 bits per heavy atom. The van der Waals surface area contributed by atoms with Crippen LogP contribution in [0, 0.1) is 18.7 Å². The Morgan fingerprint density at radius 2 is 2.00 bits per heavy atom. The van der Waals surface area contributed by atoms with Crippen LogP contribution in [0.1, 0.15) is 37.7 Å². The molecule has 0 spiro atoms. The van der Waals surface area contributed by atoms with E-state index in [1.807, 2.05) is 13.0 Å². The van der Waals surface area contributed by atoms with Gasteiger partial charge in [-0.15, -0.1) is 0 Å². The SMILES string of the molecule is Cc1cc(F)ccc1NCC1CCCCC1. The van der Waals surface area contributed by atoms with Crippen molar-refractivity contribution in [3.8, 4) is 0 Å². The van der Waals surface area contributed by atoms with Gasteiger partial charge in [-0.1, -0.05) is 19.3 Å². The lowest BCUT2D eigenvalue weighted by atomic mass is 9.89. The van der Waals surface area contributed by atoms with E-state index >= 15 is 0 Å². The molecule has 1 aliphatic carbocycles. The molecule has 0 aliphatic heterocycles.